The number of nitrogens with zero attached hydrogens (tertiary/aromatic N) is 1. The van der Waals surface area contributed by atoms with E-state index in [0.29, 0.717) is 6.04 Å². The second-order valence-corrected chi connectivity index (χ2v) is 6.77. The van der Waals surface area contributed by atoms with Gasteiger partial charge >= 0.3 is 0 Å². The molecule has 0 heterocycles. The molecule has 1 aromatic carbocycles. The fourth-order valence-electron chi connectivity index (χ4n) is 2.59. The molecule has 0 bridgehead atoms. The maximum Gasteiger partial charge on any atom is 0.0332 e. The molecular formula is C18H31BrN2. The zero-order chi connectivity index (χ0) is 15.7. The van der Waals surface area contributed by atoms with Crippen LogP contribution in [0.15, 0.2) is 28.7 Å². The van der Waals surface area contributed by atoms with E-state index >= 15 is 0 Å². The summed E-state index contributed by atoms with van der Waals surface area (Å²) >= 11 is 3.51. The van der Waals surface area contributed by atoms with Crippen molar-refractivity contribution >= 4 is 15.9 Å². The van der Waals surface area contributed by atoms with Crippen molar-refractivity contribution in [3.8, 4) is 0 Å². The van der Waals surface area contributed by atoms with Gasteiger partial charge in [0.2, 0.25) is 0 Å². The summed E-state index contributed by atoms with van der Waals surface area (Å²) in [5, 5.41) is 3.62. The smallest absolute Gasteiger partial charge is 0.0332 e. The number of hydrogen-bond donors (Lipinski definition) is 1. The highest BCUT2D eigenvalue weighted by molar-refractivity contribution is 9.10. The molecule has 1 N–H and O–H groups in total. The van der Waals surface area contributed by atoms with Crippen LogP contribution in [0.4, 0.5) is 0 Å². The summed E-state index contributed by atoms with van der Waals surface area (Å²) in [5.74, 6) is 0.787. The summed E-state index contributed by atoms with van der Waals surface area (Å²) in [5.41, 5.74) is 1.39. The van der Waals surface area contributed by atoms with Gasteiger partial charge in [0.15, 0.2) is 0 Å². The Morgan fingerprint density at radius 2 is 1.81 bits per heavy atom. The first kappa shape index (κ1) is 18.7. The largest absolute Gasteiger partial charge is 0.310 e. The average Bonchev–Trinajstić information content (AvgIpc) is 2.50. The number of benzene rings is 1. The molecule has 0 saturated carbocycles. The van der Waals surface area contributed by atoms with Crippen LogP contribution in [0.5, 0.6) is 0 Å². The van der Waals surface area contributed by atoms with Gasteiger partial charge in [-0.2, -0.15) is 0 Å². The van der Waals surface area contributed by atoms with Crippen molar-refractivity contribution in [2.24, 2.45) is 5.92 Å². The van der Waals surface area contributed by atoms with Crippen molar-refractivity contribution in [1.29, 1.82) is 0 Å². The minimum Gasteiger partial charge on any atom is -0.310 e. The number of nitrogens with one attached hydrogen (secondary N) is 1. The second kappa shape index (κ2) is 10.4. The van der Waals surface area contributed by atoms with Crippen LogP contribution in [-0.2, 0) is 0 Å². The first-order chi connectivity index (χ1) is 10.1. The Kier molecular flexibility index (Phi) is 9.21. The molecule has 0 amide bonds. The zero-order valence-corrected chi connectivity index (χ0v) is 15.6. The monoisotopic (exact) mass is 354 g/mol. The topological polar surface area (TPSA) is 15.3 Å². The molecule has 0 aliphatic rings. The van der Waals surface area contributed by atoms with Gasteiger partial charge < -0.3 is 10.2 Å². The lowest BCUT2D eigenvalue weighted by Gasteiger charge is -2.27. The molecule has 0 saturated heterocycles. The van der Waals surface area contributed by atoms with Gasteiger partial charge in [-0.3, -0.25) is 0 Å². The van der Waals surface area contributed by atoms with Crippen molar-refractivity contribution in [2.45, 2.75) is 46.6 Å². The molecule has 0 aliphatic heterocycles. The van der Waals surface area contributed by atoms with E-state index in [0.717, 1.165) is 30.0 Å². The maximum absolute atomic E-state index is 3.62. The molecule has 0 radical (unpaired) electrons. The van der Waals surface area contributed by atoms with Gasteiger partial charge in [-0.25, -0.2) is 0 Å². The Labute approximate surface area is 139 Å². The van der Waals surface area contributed by atoms with E-state index in [1.807, 2.05) is 0 Å². The third kappa shape index (κ3) is 6.94. The van der Waals surface area contributed by atoms with Gasteiger partial charge in [-0.15, -0.1) is 0 Å². The van der Waals surface area contributed by atoms with Crippen LogP contribution in [0.25, 0.3) is 0 Å². The highest BCUT2D eigenvalue weighted by Crippen LogP contribution is 2.20. The summed E-state index contributed by atoms with van der Waals surface area (Å²) in [6, 6.07) is 9.17. The third-order valence-electron chi connectivity index (χ3n) is 4.17. The molecule has 21 heavy (non-hydrogen) atoms. The highest BCUT2D eigenvalue weighted by atomic mass is 79.9. The third-order valence-corrected chi connectivity index (χ3v) is 4.70. The minimum atomic E-state index is 0.453. The van der Waals surface area contributed by atoms with Gasteiger partial charge in [-0.05, 0) is 49.7 Å². The van der Waals surface area contributed by atoms with Crippen molar-refractivity contribution in [2.75, 3.05) is 26.2 Å². The van der Waals surface area contributed by atoms with Crippen LogP contribution in [-0.4, -0.2) is 31.1 Å². The zero-order valence-electron chi connectivity index (χ0n) is 14.0. The molecule has 3 heteroatoms. The molecule has 2 unspecified atom stereocenters. The summed E-state index contributed by atoms with van der Waals surface area (Å²) in [4.78, 5) is 2.58. The first-order valence-electron chi connectivity index (χ1n) is 8.31. The van der Waals surface area contributed by atoms with Crippen LogP contribution < -0.4 is 5.32 Å². The average molecular weight is 355 g/mol. The van der Waals surface area contributed by atoms with E-state index in [9.17, 15) is 0 Å². The minimum absolute atomic E-state index is 0.453. The Hall–Kier alpha value is -0.380. The van der Waals surface area contributed by atoms with Gasteiger partial charge in [0.1, 0.15) is 0 Å². The predicted octanol–water partition coefficient (Wildman–Crippen LogP) is 4.86. The van der Waals surface area contributed by atoms with E-state index in [4.69, 9.17) is 0 Å². The fourth-order valence-corrected chi connectivity index (χ4v) is 2.85. The van der Waals surface area contributed by atoms with Crippen LogP contribution in [0.3, 0.4) is 0 Å². The SMILES string of the molecule is CCNC(CCN(CC)CC(C)CC)c1ccc(Br)cc1. The van der Waals surface area contributed by atoms with E-state index < -0.39 is 0 Å². The van der Waals surface area contributed by atoms with Gasteiger partial charge in [-0.1, -0.05) is 62.2 Å². The lowest BCUT2D eigenvalue weighted by molar-refractivity contribution is 0.233. The van der Waals surface area contributed by atoms with Gasteiger partial charge in [0.25, 0.3) is 0 Å². The molecule has 0 spiro atoms. The van der Waals surface area contributed by atoms with E-state index in [1.165, 1.54) is 24.9 Å². The summed E-state index contributed by atoms with van der Waals surface area (Å²) in [6.07, 6.45) is 2.43. The first-order valence-corrected chi connectivity index (χ1v) is 9.11. The van der Waals surface area contributed by atoms with E-state index in [-0.39, 0.29) is 0 Å². The number of halogens is 1. The van der Waals surface area contributed by atoms with Crippen molar-refractivity contribution in [1.82, 2.24) is 10.2 Å². The summed E-state index contributed by atoms with van der Waals surface area (Å²) in [6.45, 7) is 13.6. The Morgan fingerprint density at radius 3 is 2.33 bits per heavy atom. The fraction of sp³-hybridized carbons (Fsp3) is 0.667. The molecule has 2 nitrogen and oxygen atoms in total. The van der Waals surface area contributed by atoms with Gasteiger partial charge in [0, 0.05) is 17.1 Å². The molecular weight excluding hydrogens is 324 g/mol. The van der Waals surface area contributed by atoms with Crippen molar-refractivity contribution < 1.29 is 0 Å². The van der Waals surface area contributed by atoms with Crippen molar-refractivity contribution in [3.63, 3.8) is 0 Å². The molecule has 1 aromatic rings. The van der Waals surface area contributed by atoms with E-state index in [2.05, 4.69) is 78.1 Å². The predicted molar refractivity (Wildman–Crippen MR) is 96.7 cm³/mol. The molecule has 120 valence electrons. The number of rotatable bonds is 10. The van der Waals surface area contributed by atoms with Crippen LogP contribution in [0, 0.1) is 5.92 Å². The van der Waals surface area contributed by atoms with Crippen LogP contribution >= 0.6 is 15.9 Å². The molecule has 0 aromatic heterocycles. The molecule has 1 rings (SSSR count). The summed E-state index contributed by atoms with van der Waals surface area (Å²) < 4.78 is 1.15. The maximum atomic E-state index is 3.62. The van der Waals surface area contributed by atoms with Crippen molar-refractivity contribution in [3.05, 3.63) is 34.3 Å². The van der Waals surface area contributed by atoms with Crippen LogP contribution in [0.2, 0.25) is 0 Å². The summed E-state index contributed by atoms with van der Waals surface area (Å²) in [7, 11) is 0. The standard InChI is InChI=1S/C18H31BrN2/c1-5-15(4)14-21(7-3)13-12-18(20-6-2)16-8-10-17(19)11-9-16/h8-11,15,18,20H,5-7,12-14H2,1-4H3. The van der Waals surface area contributed by atoms with Crippen LogP contribution in [0.1, 0.15) is 52.1 Å². The highest BCUT2D eigenvalue weighted by Gasteiger charge is 2.13. The Morgan fingerprint density at radius 1 is 1.14 bits per heavy atom. The molecule has 0 fully saturated rings. The molecule has 0 aliphatic carbocycles. The lowest BCUT2D eigenvalue weighted by Crippen LogP contribution is -2.32. The molecule has 2 atom stereocenters. The second-order valence-electron chi connectivity index (χ2n) is 5.86. The quantitative estimate of drug-likeness (QED) is 0.645. The Bertz CT molecular complexity index is 377. The van der Waals surface area contributed by atoms with E-state index in [1.54, 1.807) is 0 Å². The number of hydrogen-bond acceptors (Lipinski definition) is 2. The van der Waals surface area contributed by atoms with Gasteiger partial charge in [0.05, 0.1) is 0 Å². The lowest BCUT2D eigenvalue weighted by atomic mass is 10.0. The Balaban J connectivity index is 2.59. The normalized spacial score (nSPS) is 14.4.